The topological polar surface area (TPSA) is 66.5 Å². The van der Waals surface area contributed by atoms with Crippen LogP contribution in [0.2, 0.25) is 0 Å². The number of nitrogens with one attached hydrogen (secondary N) is 1. The summed E-state index contributed by atoms with van der Waals surface area (Å²) >= 11 is 1.61. The Hall–Kier alpha value is -1.31. The van der Waals surface area contributed by atoms with Crippen molar-refractivity contribution < 1.29 is 13.2 Å². The molecule has 1 heterocycles. The molecular weight excluding hydrogens is 368 g/mol. The van der Waals surface area contributed by atoms with Crippen molar-refractivity contribution in [1.82, 2.24) is 4.72 Å². The molecule has 0 saturated carbocycles. The van der Waals surface area contributed by atoms with Crippen LogP contribution in [0, 0.1) is 0 Å². The Morgan fingerprint density at radius 2 is 2.15 bits per heavy atom. The number of rotatable bonds is 5. The summed E-state index contributed by atoms with van der Waals surface area (Å²) in [5.41, 5.74) is 2.15. The SMILES string of the molecule is CC(=O)N1CC(C)Sc2cc(S(=O)(=O)NCCC3=CCCCC3)ccc21. The van der Waals surface area contributed by atoms with Gasteiger partial charge in [-0.05, 0) is 50.3 Å². The fourth-order valence-corrected chi connectivity index (χ4v) is 5.73. The zero-order valence-corrected chi connectivity index (χ0v) is 17.0. The molecule has 2 aliphatic rings. The molecule has 0 spiro atoms. The highest BCUT2D eigenvalue weighted by atomic mass is 32.2. The van der Waals surface area contributed by atoms with Crippen LogP contribution in [0.5, 0.6) is 0 Å². The van der Waals surface area contributed by atoms with Crippen molar-refractivity contribution in [3.8, 4) is 0 Å². The molecule has 0 fully saturated rings. The van der Waals surface area contributed by atoms with E-state index in [1.807, 2.05) is 6.92 Å². The molecule has 0 saturated heterocycles. The number of hydrogen-bond acceptors (Lipinski definition) is 4. The second-order valence-corrected chi connectivity index (χ2v) is 10.2. The van der Waals surface area contributed by atoms with Gasteiger partial charge in [0.15, 0.2) is 0 Å². The zero-order valence-electron chi connectivity index (χ0n) is 15.3. The van der Waals surface area contributed by atoms with Gasteiger partial charge in [0.2, 0.25) is 15.9 Å². The van der Waals surface area contributed by atoms with Crippen molar-refractivity contribution in [2.75, 3.05) is 18.0 Å². The number of hydrogen-bond donors (Lipinski definition) is 1. The Kier molecular flexibility index (Phi) is 6.10. The maximum atomic E-state index is 12.6. The first-order valence-corrected chi connectivity index (χ1v) is 11.5. The third-order valence-electron chi connectivity index (χ3n) is 4.80. The lowest BCUT2D eigenvalue weighted by molar-refractivity contribution is -0.116. The van der Waals surface area contributed by atoms with Crippen LogP contribution in [0.4, 0.5) is 5.69 Å². The van der Waals surface area contributed by atoms with Gasteiger partial charge in [-0.2, -0.15) is 0 Å². The molecule has 5 nitrogen and oxygen atoms in total. The van der Waals surface area contributed by atoms with Gasteiger partial charge in [0.1, 0.15) is 0 Å². The Labute approximate surface area is 160 Å². The van der Waals surface area contributed by atoms with E-state index in [0.717, 1.165) is 29.8 Å². The number of benzene rings is 1. The van der Waals surface area contributed by atoms with Crippen LogP contribution in [0.25, 0.3) is 0 Å². The fourth-order valence-electron chi connectivity index (χ4n) is 3.45. The summed E-state index contributed by atoms with van der Waals surface area (Å²) < 4.78 is 28.0. The van der Waals surface area contributed by atoms with E-state index in [-0.39, 0.29) is 16.1 Å². The number of sulfonamides is 1. The molecule has 1 aliphatic heterocycles. The number of carbonyl (C=O) groups excluding carboxylic acids is 1. The Bertz CT molecular complexity index is 818. The highest BCUT2D eigenvalue weighted by molar-refractivity contribution is 8.00. The molecule has 1 atom stereocenters. The second kappa shape index (κ2) is 8.15. The largest absolute Gasteiger partial charge is 0.310 e. The first-order chi connectivity index (χ1) is 12.4. The number of amides is 1. The highest BCUT2D eigenvalue weighted by Crippen LogP contribution is 2.39. The monoisotopic (exact) mass is 394 g/mol. The lowest BCUT2D eigenvalue weighted by atomic mass is 9.97. The van der Waals surface area contributed by atoms with Crippen LogP contribution in [0.15, 0.2) is 39.6 Å². The maximum Gasteiger partial charge on any atom is 0.240 e. The molecule has 1 N–H and O–H groups in total. The van der Waals surface area contributed by atoms with E-state index in [9.17, 15) is 13.2 Å². The lowest BCUT2D eigenvalue weighted by Crippen LogP contribution is -2.37. The van der Waals surface area contributed by atoms with E-state index in [0.29, 0.717) is 13.1 Å². The number of fused-ring (bicyclic) bond motifs is 1. The van der Waals surface area contributed by atoms with Gasteiger partial charge < -0.3 is 4.90 Å². The molecule has 1 amide bonds. The van der Waals surface area contributed by atoms with Crippen LogP contribution in [0.1, 0.15) is 46.0 Å². The summed E-state index contributed by atoms with van der Waals surface area (Å²) in [6.45, 7) is 4.65. The smallest absolute Gasteiger partial charge is 0.240 e. The quantitative estimate of drug-likeness (QED) is 0.773. The van der Waals surface area contributed by atoms with Crippen molar-refractivity contribution in [3.05, 3.63) is 29.8 Å². The lowest BCUT2D eigenvalue weighted by Gasteiger charge is -2.32. The highest BCUT2D eigenvalue weighted by Gasteiger charge is 2.27. The summed E-state index contributed by atoms with van der Waals surface area (Å²) in [5, 5.41) is 0.232. The Morgan fingerprint density at radius 1 is 1.35 bits per heavy atom. The first-order valence-electron chi connectivity index (χ1n) is 9.13. The van der Waals surface area contributed by atoms with Gasteiger partial charge in [0.25, 0.3) is 0 Å². The number of anilines is 1. The number of nitrogens with zero attached hydrogens (tertiary/aromatic N) is 1. The van der Waals surface area contributed by atoms with E-state index in [1.165, 1.54) is 18.4 Å². The minimum atomic E-state index is -3.54. The molecule has 3 rings (SSSR count). The molecule has 1 unspecified atom stereocenters. The number of allylic oxidation sites excluding steroid dienone is 1. The standard InChI is InChI=1S/C19H26N2O3S2/c1-14-13-21(15(2)22)18-9-8-17(12-19(18)25-14)26(23,24)20-11-10-16-6-4-3-5-7-16/h6,8-9,12,14,20H,3-5,7,10-11,13H2,1-2H3. The van der Waals surface area contributed by atoms with Gasteiger partial charge in [-0.1, -0.05) is 18.6 Å². The molecule has 0 bridgehead atoms. The molecule has 0 aromatic heterocycles. The van der Waals surface area contributed by atoms with Crippen molar-refractivity contribution in [2.45, 2.75) is 61.0 Å². The van der Waals surface area contributed by atoms with E-state index in [2.05, 4.69) is 10.8 Å². The van der Waals surface area contributed by atoms with Crippen molar-refractivity contribution in [1.29, 1.82) is 0 Å². The van der Waals surface area contributed by atoms with E-state index in [4.69, 9.17) is 0 Å². The fraction of sp³-hybridized carbons (Fsp3) is 0.526. The zero-order chi connectivity index (χ0) is 18.7. The maximum absolute atomic E-state index is 12.6. The van der Waals surface area contributed by atoms with Crippen molar-refractivity contribution in [2.24, 2.45) is 0 Å². The summed E-state index contributed by atoms with van der Waals surface area (Å²) in [6, 6.07) is 5.02. The summed E-state index contributed by atoms with van der Waals surface area (Å²) in [7, 11) is -3.54. The van der Waals surface area contributed by atoms with E-state index >= 15 is 0 Å². The molecule has 26 heavy (non-hydrogen) atoms. The molecule has 1 aliphatic carbocycles. The molecular formula is C19H26N2O3S2. The molecule has 0 radical (unpaired) electrons. The van der Waals surface area contributed by atoms with Crippen molar-refractivity contribution in [3.63, 3.8) is 0 Å². The molecule has 1 aromatic carbocycles. The molecule has 1 aromatic rings. The van der Waals surface area contributed by atoms with Gasteiger partial charge >= 0.3 is 0 Å². The van der Waals surface area contributed by atoms with E-state index < -0.39 is 10.0 Å². The van der Waals surface area contributed by atoms with E-state index in [1.54, 1.807) is 41.8 Å². The van der Waals surface area contributed by atoms with Gasteiger partial charge in [-0.15, -0.1) is 11.8 Å². The van der Waals surface area contributed by atoms with Crippen LogP contribution >= 0.6 is 11.8 Å². The minimum Gasteiger partial charge on any atom is -0.310 e. The average molecular weight is 395 g/mol. The third kappa shape index (κ3) is 4.50. The summed E-state index contributed by atoms with van der Waals surface area (Å²) in [5.74, 6) is -0.0205. The van der Waals surface area contributed by atoms with Gasteiger partial charge in [-0.3, -0.25) is 4.79 Å². The Balaban J connectivity index is 1.73. The number of thioether (sulfide) groups is 1. The van der Waals surface area contributed by atoms with Crippen molar-refractivity contribution >= 4 is 33.4 Å². The van der Waals surface area contributed by atoms with Gasteiger partial charge in [0, 0.05) is 30.2 Å². The molecule has 142 valence electrons. The average Bonchev–Trinajstić information content (AvgIpc) is 2.61. The summed E-state index contributed by atoms with van der Waals surface area (Å²) in [6.07, 6.45) is 7.63. The Morgan fingerprint density at radius 3 is 2.85 bits per heavy atom. The number of carbonyl (C=O) groups is 1. The minimum absolute atomic E-state index is 0.0205. The van der Waals surface area contributed by atoms with Gasteiger partial charge in [0.05, 0.1) is 10.6 Å². The predicted octanol–water partition coefficient (Wildman–Crippen LogP) is 3.70. The van der Waals surface area contributed by atoms with Crippen LogP contribution in [-0.2, 0) is 14.8 Å². The van der Waals surface area contributed by atoms with Crippen LogP contribution in [0.3, 0.4) is 0 Å². The third-order valence-corrected chi connectivity index (χ3v) is 7.39. The van der Waals surface area contributed by atoms with Crippen LogP contribution < -0.4 is 9.62 Å². The first kappa shape index (κ1) is 19.5. The van der Waals surface area contributed by atoms with Crippen LogP contribution in [-0.4, -0.2) is 32.7 Å². The second-order valence-electron chi connectivity index (χ2n) is 6.94. The van der Waals surface area contributed by atoms with Gasteiger partial charge in [-0.25, -0.2) is 13.1 Å². The molecule has 7 heteroatoms. The summed E-state index contributed by atoms with van der Waals surface area (Å²) in [4.78, 5) is 14.7. The normalized spacial score (nSPS) is 20.5. The predicted molar refractivity (Wildman–Crippen MR) is 106 cm³/mol.